The predicted octanol–water partition coefficient (Wildman–Crippen LogP) is 5.72. The van der Waals surface area contributed by atoms with E-state index >= 15 is 0 Å². The van der Waals surface area contributed by atoms with Crippen molar-refractivity contribution < 1.29 is 9.53 Å². The Balaban J connectivity index is 2.05. The summed E-state index contributed by atoms with van der Waals surface area (Å²) in [6.07, 6.45) is 0. The summed E-state index contributed by atoms with van der Waals surface area (Å²) in [7, 11) is 1.56. The number of carbonyl (C=O) groups excluding carboxylic acids is 1. The van der Waals surface area contributed by atoms with Gasteiger partial charge in [0.1, 0.15) is 5.75 Å². The minimum atomic E-state index is -0.307. The Morgan fingerprint density at radius 2 is 1.60 bits per heavy atom. The second-order valence-corrected chi connectivity index (χ2v) is 5.72. The van der Waals surface area contributed by atoms with Gasteiger partial charge in [-0.25, -0.2) is 4.79 Å². The van der Waals surface area contributed by atoms with E-state index in [1.165, 1.54) is 4.90 Å². The third kappa shape index (κ3) is 3.92. The number of urea groups is 1. The normalized spacial score (nSPS) is 10.2. The van der Waals surface area contributed by atoms with Crippen molar-refractivity contribution in [2.45, 2.75) is 0 Å². The topological polar surface area (TPSA) is 41.6 Å². The summed E-state index contributed by atoms with van der Waals surface area (Å²) < 4.78 is 5.42. The number of ether oxygens (including phenoxy) is 1. The highest BCUT2D eigenvalue weighted by Crippen LogP contribution is 2.36. The zero-order chi connectivity index (χ0) is 17.6. The summed E-state index contributed by atoms with van der Waals surface area (Å²) in [6.45, 7) is 0. The van der Waals surface area contributed by atoms with Crippen LogP contribution < -0.4 is 15.0 Å². The fourth-order valence-electron chi connectivity index (χ4n) is 2.48. The van der Waals surface area contributed by atoms with Crippen LogP contribution in [0.4, 0.5) is 21.9 Å². The lowest BCUT2D eigenvalue weighted by Crippen LogP contribution is -2.31. The highest BCUT2D eigenvalue weighted by atomic mass is 35.5. The lowest BCUT2D eigenvalue weighted by molar-refractivity contribution is 0.258. The van der Waals surface area contributed by atoms with Gasteiger partial charge in [0.05, 0.1) is 18.5 Å². The largest absolute Gasteiger partial charge is 0.495 e. The summed E-state index contributed by atoms with van der Waals surface area (Å²) >= 11 is 6.16. The molecule has 0 fully saturated rings. The van der Waals surface area contributed by atoms with Gasteiger partial charge in [-0.15, -0.1) is 0 Å². The molecule has 3 aromatic rings. The number of benzene rings is 3. The molecule has 0 spiro atoms. The summed E-state index contributed by atoms with van der Waals surface area (Å²) in [6, 6.07) is 23.5. The maximum Gasteiger partial charge on any atom is 0.331 e. The first kappa shape index (κ1) is 16.9. The molecule has 126 valence electrons. The molecule has 0 saturated heterocycles. The Labute approximate surface area is 151 Å². The van der Waals surface area contributed by atoms with E-state index in [2.05, 4.69) is 5.32 Å². The average Bonchev–Trinajstić information content (AvgIpc) is 2.64. The Morgan fingerprint density at radius 3 is 2.24 bits per heavy atom. The zero-order valence-corrected chi connectivity index (χ0v) is 14.4. The molecule has 4 nitrogen and oxygen atoms in total. The molecule has 0 bridgehead atoms. The van der Waals surface area contributed by atoms with Crippen LogP contribution in [0.2, 0.25) is 5.02 Å². The molecule has 0 unspecified atom stereocenters. The highest BCUT2D eigenvalue weighted by molar-refractivity contribution is 6.31. The van der Waals surface area contributed by atoms with E-state index in [0.29, 0.717) is 27.8 Å². The van der Waals surface area contributed by atoms with Crippen molar-refractivity contribution in [3.05, 3.63) is 83.9 Å². The number of carbonyl (C=O) groups is 1. The lowest BCUT2D eigenvalue weighted by atomic mass is 10.2. The molecular formula is C20H17ClN2O2. The molecule has 0 aliphatic carbocycles. The number of hydrogen-bond acceptors (Lipinski definition) is 2. The van der Waals surface area contributed by atoms with Crippen LogP contribution in [-0.2, 0) is 0 Å². The number of hydrogen-bond donors (Lipinski definition) is 1. The maximum absolute atomic E-state index is 13.0. The lowest BCUT2D eigenvalue weighted by Gasteiger charge is -2.25. The summed E-state index contributed by atoms with van der Waals surface area (Å²) in [4.78, 5) is 14.5. The zero-order valence-electron chi connectivity index (χ0n) is 13.6. The molecule has 0 aromatic heterocycles. The van der Waals surface area contributed by atoms with Crippen LogP contribution in [-0.4, -0.2) is 13.1 Å². The Bertz CT molecular complexity index is 854. The minimum absolute atomic E-state index is 0.307. The highest BCUT2D eigenvalue weighted by Gasteiger charge is 2.22. The van der Waals surface area contributed by atoms with E-state index < -0.39 is 0 Å². The van der Waals surface area contributed by atoms with Crippen molar-refractivity contribution in [3.8, 4) is 5.75 Å². The van der Waals surface area contributed by atoms with Gasteiger partial charge in [-0.1, -0.05) is 48.0 Å². The summed E-state index contributed by atoms with van der Waals surface area (Å²) in [5, 5.41) is 3.42. The third-order valence-electron chi connectivity index (χ3n) is 3.62. The molecule has 3 rings (SSSR count). The second kappa shape index (κ2) is 7.73. The van der Waals surface area contributed by atoms with E-state index in [1.807, 2.05) is 60.7 Å². The smallest absolute Gasteiger partial charge is 0.331 e. The average molecular weight is 353 g/mol. The molecule has 0 aliphatic heterocycles. The number of halogens is 1. The predicted molar refractivity (Wildman–Crippen MR) is 102 cm³/mol. The number of nitrogens with one attached hydrogen (secondary N) is 1. The molecule has 5 heteroatoms. The molecule has 0 radical (unpaired) electrons. The maximum atomic E-state index is 13.0. The van der Waals surface area contributed by atoms with Crippen molar-refractivity contribution in [1.29, 1.82) is 0 Å². The molecule has 0 saturated carbocycles. The van der Waals surface area contributed by atoms with Crippen LogP contribution in [0.5, 0.6) is 5.75 Å². The van der Waals surface area contributed by atoms with Crippen molar-refractivity contribution in [3.63, 3.8) is 0 Å². The van der Waals surface area contributed by atoms with Gasteiger partial charge in [0.2, 0.25) is 0 Å². The number of anilines is 3. The van der Waals surface area contributed by atoms with Crippen LogP contribution in [0.1, 0.15) is 0 Å². The molecule has 0 aliphatic rings. The standard InChI is InChI=1S/C20H17ClN2O2/c1-25-19-13-12-15(21)14-18(19)23(17-10-6-3-7-11-17)20(24)22-16-8-4-2-5-9-16/h2-14H,1H3,(H,22,24). The van der Waals surface area contributed by atoms with Gasteiger partial charge >= 0.3 is 6.03 Å². The van der Waals surface area contributed by atoms with E-state index in [0.717, 1.165) is 0 Å². The Morgan fingerprint density at radius 1 is 0.960 bits per heavy atom. The molecule has 3 aromatic carbocycles. The number of amides is 2. The number of nitrogens with zero attached hydrogens (tertiary/aromatic N) is 1. The third-order valence-corrected chi connectivity index (χ3v) is 3.86. The molecule has 25 heavy (non-hydrogen) atoms. The van der Waals surface area contributed by atoms with Gasteiger partial charge in [0.25, 0.3) is 0 Å². The first-order chi connectivity index (χ1) is 12.2. The van der Waals surface area contributed by atoms with Crippen LogP contribution in [0.25, 0.3) is 0 Å². The van der Waals surface area contributed by atoms with Crippen LogP contribution in [0.15, 0.2) is 78.9 Å². The van der Waals surface area contributed by atoms with E-state index in [1.54, 1.807) is 25.3 Å². The van der Waals surface area contributed by atoms with Gasteiger partial charge in [0, 0.05) is 10.7 Å². The molecule has 1 N–H and O–H groups in total. The number of methoxy groups -OCH3 is 1. The van der Waals surface area contributed by atoms with Gasteiger partial charge in [-0.3, -0.25) is 4.90 Å². The first-order valence-corrected chi connectivity index (χ1v) is 8.11. The van der Waals surface area contributed by atoms with Gasteiger partial charge in [0.15, 0.2) is 0 Å². The number of rotatable bonds is 4. The van der Waals surface area contributed by atoms with E-state index in [4.69, 9.17) is 16.3 Å². The molecule has 0 atom stereocenters. The van der Waals surface area contributed by atoms with Gasteiger partial charge in [-0.05, 0) is 42.5 Å². The minimum Gasteiger partial charge on any atom is -0.495 e. The fraction of sp³-hybridized carbons (Fsp3) is 0.0500. The monoisotopic (exact) mass is 352 g/mol. The van der Waals surface area contributed by atoms with Crippen molar-refractivity contribution >= 4 is 34.7 Å². The van der Waals surface area contributed by atoms with Gasteiger partial charge < -0.3 is 10.1 Å². The van der Waals surface area contributed by atoms with Crippen molar-refractivity contribution in [2.24, 2.45) is 0 Å². The SMILES string of the molecule is COc1ccc(Cl)cc1N(C(=O)Nc1ccccc1)c1ccccc1. The summed E-state index contributed by atoms with van der Waals surface area (Å²) in [5.41, 5.74) is 1.97. The fourth-order valence-corrected chi connectivity index (χ4v) is 2.65. The molecule has 0 heterocycles. The van der Waals surface area contributed by atoms with Crippen LogP contribution >= 0.6 is 11.6 Å². The number of para-hydroxylation sites is 2. The van der Waals surface area contributed by atoms with Crippen molar-refractivity contribution in [2.75, 3.05) is 17.3 Å². The molecular weight excluding hydrogens is 336 g/mol. The van der Waals surface area contributed by atoms with E-state index in [-0.39, 0.29) is 6.03 Å². The Hall–Kier alpha value is -2.98. The van der Waals surface area contributed by atoms with Gasteiger partial charge in [-0.2, -0.15) is 0 Å². The first-order valence-electron chi connectivity index (χ1n) is 7.74. The Kier molecular flexibility index (Phi) is 5.21. The van der Waals surface area contributed by atoms with Crippen molar-refractivity contribution in [1.82, 2.24) is 0 Å². The van der Waals surface area contributed by atoms with E-state index in [9.17, 15) is 4.79 Å². The quantitative estimate of drug-likeness (QED) is 0.652. The molecule has 2 amide bonds. The van der Waals surface area contributed by atoms with Crippen LogP contribution in [0.3, 0.4) is 0 Å². The second-order valence-electron chi connectivity index (χ2n) is 5.28. The van der Waals surface area contributed by atoms with Crippen LogP contribution in [0, 0.1) is 0 Å². The summed E-state index contributed by atoms with van der Waals surface area (Å²) in [5.74, 6) is 0.552.